The van der Waals surface area contributed by atoms with Gasteiger partial charge in [-0.2, -0.15) is 0 Å². The van der Waals surface area contributed by atoms with Gasteiger partial charge < -0.3 is 10.0 Å². The van der Waals surface area contributed by atoms with Gasteiger partial charge in [-0.15, -0.1) is 0 Å². The van der Waals surface area contributed by atoms with Gasteiger partial charge in [-0.25, -0.2) is 8.78 Å². The third-order valence-corrected chi connectivity index (χ3v) is 3.08. The SMILES string of the molecule is OB(O)CC1CC2C(C1)C2(F)F. The van der Waals surface area contributed by atoms with Gasteiger partial charge in [-0.05, 0) is 25.1 Å². The molecular weight excluding hydrogens is 165 g/mol. The first-order valence-electron chi connectivity index (χ1n) is 4.25. The highest BCUT2D eigenvalue weighted by molar-refractivity contribution is 6.41. The Balaban J connectivity index is 1.82. The fraction of sp³-hybridized carbons (Fsp3) is 1.00. The van der Waals surface area contributed by atoms with E-state index in [0.29, 0.717) is 12.8 Å². The van der Waals surface area contributed by atoms with E-state index in [1.54, 1.807) is 0 Å². The third kappa shape index (κ3) is 1.15. The van der Waals surface area contributed by atoms with Gasteiger partial charge in [0.1, 0.15) is 0 Å². The Morgan fingerprint density at radius 3 is 2.17 bits per heavy atom. The molecule has 0 heterocycles. The van der Waals surface area contributed by atoms with Crippen molar-refractivity contribution in [2.24, 2.45) is 17.8 Å². The van der Waals surface area contributed by atoms with Gasteiger partial charge in [0.2, 0.25) is 0 Å². The van der Waals surface area contributed by atoms with Gasteiger partial charge in [-0.1, -0.05) is 0 Å². The van der Waals surface area contributed by atoms with Crippen LogP contribution in [-0.4, -0.2) is 23.1 Å². The fourth-order valence-electron chi connectivity index (χ4n) is 2.41. The van der Waals surface area contributed by atoms with Crippen LogP contribution in [0.3, 0.4) is 0 Å². The molecule has 0 saturated heterocycles. The average Bonchev–Trinajstić information content (AvgIpc) is 2.38. The van der Waals surface area contributed by atoms with Crippen LogP contribution in [0.15, 0.2) is 0 Å². The van der Waals surface area contributed by atoms with E-state index in [1.807, 2.05) is 0 Å². The molecular formula is C7H11BF2O2. The Labute approximate surface area is 69.7 Å². The van der Waals surface area contributed by atoms with E-state index in [9.17, 15) is 8.78 Å². The summed E-state index contributed by atoms with van der Waals surface area (Å²) in [7, 11) is -1.33. The summed E-state index contributed by atoms with van der Waals surface area (Å²) in [5.41, 5.74) is 0. The molecule has 2 saturated carbocycles. The molecule has 2 atom stereocenters. The standard InChI is InChI=1S/C7H11BF2O2/c9-7(10)5-1-4(2-6(5)7)3-8(11)12/h4-6,11-12H,1-3H2. The molecule has 12 heavy (non-hydrogen) atoms. The molecule has 2 unspecified atom stereocenters. The molecule has 2 aliphatic carbocycles. The smallest absolute Gasteiger partial charge is 0.427 e. The van der Waals surface area contributed by atoms with Gasteiger partial charge in [0, 0.05) is 11.8 Å². The van der Waals surface area contributed by atoms with E-state index in [4.69, 9.17) is 10.0 Å². The maximum absolute atomic E-state index is 12.6. The summed E-state index contributed by atoms with van der Waals surface area (Å²) in [6.07, 6.45) is 1.19. The number of hydrogen-bond acceptors (Lipinski definition) is 2. The van der Waals surface area contributed by atoms with Crippen molar-refractivity contribution in [1.29, 1.82) is 0 Å². The van der Waals surface area contributed by atoms with Crippen LogP contribution in [0.2, 0.25) is 6.32 Å². The van der Waals surface area contributed by atoms with Gasteiger partial charge in [-0.3, -0.25) is 0 Å². The number of halogens is 2. The van der Waals surface area contributed by atoms with Gasteiger partial charge in [0.05, 0.1) is 0 Å². The molecule has 0 bridgehead atoms. The minimum atomic E-state index is -2.43. The van der Waals surface area contributed by atoms with Crippen molar-refractivity contribution in [2.45, 2.75) is 25.1 Å². The van der Waals surface area contributed by atoms with Crippen LogP contribution in [0.5, 0.6) is 0 Å². The summed E-state index contributed by atoms with van der Waals surface area (Å²) < 4.78 is 25.3. The Kier molecular flexibility index (Phi) is 1.70. The Bertz CT molecular complexity index is 184. The van der Waals surface area contributed by atoms with Gasteiger partial charge in [0.25, 0.3) is 5.92 Å². The van der Waals surface area contributed by atoms with E-state index in [2.05, 4.69) is 0 Å². The largest absolute Gasteiger partial charge is 0.451 e. The highest BCUT2D eigenvalue weighted by atomic mass is 19.3. The zero-order valence-electron chi connectivity index (χ0n) is 6.58. The van der Waals surface area contributed by atoms with Crippen LogP contribution >= 0.6 is 0 Å². The lowest BCUT2D eigenvalue weighted by Gasteiger charge is -2.12. The third-order valence-electron chi connectivity index (χ3n) is 3.08. The van der Waals surface area contributed by atoms with Crippen LogP contribution in [0, 0.1) is 17.8 Å². The Morgan fingerprint density at radius 2 is 1.75 bits per heavy atom. The van der Waals surface area contributed by atoms with Crippen molar-refractivity contribution in [2.75, 3.05) is 0 Å². The lowest BCUT2D eigenvalue weighted by Crippen LogP contribution is -2.17. The van der Waals surface area contributed by atoms with Crippen molar-refractivity contribution < 1.29 is 18.8 Å². The number of fused-ring (bicyclic) bond motifs is 1. The minimum absolute atomic E-state index is 0.0969. The summed E-state index contributed by atoms with van der Waals surface area (Å²) in [4.78, 5) is 0. The summed E-state index contributed by atoms with van der Waals surface area (Å²) >= 11 is 0. The number of alkyl halides is 2. The predicted molar refractivity (Wildman–Crippen MR) is 39.6 cm³/mol. The first-order chi connectivity index (χ1) is 5.51. The number of rotatable bonds is 2. The molecule has 0 spiro atoms. The number of hydrogen-bond donors (Lipinski definition) is 2. The van der Waals surface area contributed by atoms with Crippen LogP contribution < -0.4 is 0 Å². The van der Waals surface area contributed by atoms with E-state index >= 15 is 0 Å². The van der Waals surface area contributed by atoms with Gasteiger partial charge >= 0.3 is 7.12 Å². The molecule has 0 amide bonds. The Morgan fingerprint density at radius 1 is 1.25 bits per heavy atom. The monoisotopic (exact) mass is 176 g/mol. The molecule has 2 N–H and O–H groups in total. The van der Waals surface area contributed by atoms with Crippen LogP contribution in [0.4, 0.5) is 8.78 Å². The highest BCUT2D eigenvalue weighted by Crippen LogP contribution is 2.66. The molecule has 0 aromatic rings. The second-order valence-corrected chi connectivity index (χ2v) is 3.94. The lowest BCUT2D eigenvalue weighted by atomic mass is 9.76. The summed E-state index contributed by atoms with van der Waals surface area (Å²) in [6.45, 7) is 0. The molecule has 2 nitrogen and oxygen atoms in total. The maximum Gasteiger partial charge on any atom is 0.451 e. The quantitative estimate of drug-likeness (QED) is 0.609. The second-order valence-electron chi connectivity index (χ2n) is 3.94. The zero-order valence-corrected chi connectivity index (χ0v) is 6.58. The predicted octanol–water partition coefficient (Wildman–Crippen LogP) is 0.751. The highest BCUT2D eigenvalue weighted by Gasteiger charge is 2.71. The van der Waals surface area contributed by atoms with Crippen LogP contribution in [0.1, 0.15) is 12.8 Å². The molecule has 5 heteroatoms. The summed E-state index contributed by atoms with van der Waals surface area (Å²) in [5.74, 6) is -3.25. The van der Waals surface area contributed by atoms with E-state index < -0.39 is 24.9 Å². The molecule has 2 aliphatic rings. The van der Waals surface area contributed by atoms with Crippen molar-refractivity contribution in [1.82, 2.24) is 0 Å². The molecule has 0 aliphatic heterocycles. The lowest BCUT2D eigenvalue weighted by molar-refractivity contribution is 0.0648. The van der Waals surface area contributed by atoms with Crippen LogP contribution in [0.25, 0.3) is 0 Å². The van der Waals surface area contributed by atoms with Crippen molar-refractivity contribution in [3.05, 3.63) is 0 Å². The normalized spacial score (nSPS) is 42.5. The molecule has 0 aromatic heterocycles. The maximum atomic E-state index is 12.6. The molecule has 0 aromatic carbocycles. The topological polar surface area (TPSA) is 40.5 Å². The van der Waals surface area contributed by atoms with Crippen molar-refractivity contribution >= 4 is 7.12 Å². The van der Waals surface area contributed by atoms with E-state index in [-0.39, 0.29) is 12.2 Å². The first-order valence-corrected chi connectivity index (χ1v) is 4.25. The molecule has 68 valence electrons. The minimum Gasteiger partial charge on any atom is -0.427 e. The summed E-state index contributed by atoms with van der Waals surface area (Å²) in [6, 6.07) is 0. The fourth-order valence-corrected chi connectivity index (χ4v) is 2.41. The van der Waals surface area contributed by atoms with Crippen molar-refractivity contribution in [3.8, 4) is 0 Å². The van der Waals surface area contributed by atoms with E-state index in [1.165, 1.54) is 0 Å². The molecule has 2 fully saturated rings. The first kappa shape index (κ1) is 8.44. The van der Waals surface area contributed by atoms with E-state index in [0.717, 1.165) is 0 Å². The average molecular weight is 176 g/mol. The molecule has 0 radical (unpaired) electrons. The Hall–Kier alpha value is -0.155. The van der Waals surface area contributed by atoms with Crippen LogP contribution in [-0.2, 0) is 0 Å². The second kappa shape index (κ2) is 2.42. The van der Waals surface area contributed by atoms with Crippen molar-refractivity contribution in [3.63, 3.8) is 0 Å². The summed E-state index contributed by atoms with van der Waals surface area (Å²) in [5, 5.41) is 17.2. The zero-order chi connectivity index (χ0) is 8.93. The van der Waals surface area contributed by atoms with Gasteiger partial charge in [0.15, 0.2) is 0 Å². The molecule has 2 rings (SSSR count).